The lowest BCUT2D eigenvalue weighted by atomic mass is 9.46. The van der Waals surface area contributed by atoms with Crippen LogP contribution in [-0.2, 0) is 27.3 Å². The Hall–Kier alpha value is -4.00. The third kappa shape index (κ3) is 5.16. The number of hydrogen-bond acceptors (Lipinski definition) is 11. The van der Waals surface area contributed by atoms with Gasteiger partial charge < -0.3 is 36.4 Å². The maximum atomic E-state index is 14.6. The number of carbonyl (C=O) groups excluding carboxylic acids is 3. The molecular weight excluding hydrogens is 632 g/mol. The van der Waals surface area contributed by atoms with Gasteiger partial charge in [0.25, 0.3) is 5.91 Å². The van der Waals surface area contributed by atoms with Crippen LogP contribution in [0.25, 0.3) is 5.76 Å². The van der Waals surface area contributed by atoms with E-state index in [1.54, 1.807) is 38.8 Å². The highest BCUT2D eigenvalue weighted by Gasteiger charge is 2.72. The minimum atomic E-state index is -2.77. The smallest absolute Gasteiger partial charge is 0.255 e. The molecule has 12 heteroatoms. The SMILES string of the molecule is CN(C)c1cc(NCc2ccccc2SC(C)(C)C)c(O)c2c1CC1(C)CC3(C)[C@H](N(C)C)C(=O)C(C(N)=O)=C(O)[C@]3(O)C(=O)C1=C2O. The highest BCUT2D eigenvalue weighted by molar-refractivity contribution is 8.00. The molecule has 0 bridgehead atoms. The molecule has 0 aliphatic heterocycles. The zero-order valence-corrected chi connectivity index (χ0v) is 29.8. The first-order chi connectivity index (χ1) is 22.1. The maximum Gasteiger partial charge on any atom is 0.255 e. The molecule has 2 aromatic carbocycles. The molecule has 0 heterocycles. The van der Waals surface area contributed by atoms with Gasteiger partial charge in [0.05, 0.1) is 17.3 Å². The van der Waals surface area contributed by atoms with Crippen molar-refractivity contribution in [1.29, 1.82) is 0 Å². The number of phenols is 1. The molecule has 4 atom stereocenters. The molecule has 48 heavy (non-hydrogen) atoms. The fraction of sp³-hybridized carbons (Fsp3) is 0.472. The van der Waals surface area contributed by atoms with Gasteiger partial charge in [0.2, 0.25) is 5.78 Å². The van der Waals surface area contributed by atoms with Crippen LogP contribution in [-0.4, -0.2) is 87.4 Å². The second-order valence-electron chi connectivity index (χ2n) is 15.1. The number of phenolic OH excluding ortho intramolecular Hbond substituents is 1. The van der Waals surface area contributed by atoms with E-state index in [4.69, 9.17) is 5.73 Å². The molecule has 1 fully saturated rings. The predicted molar refractivity (Wildman–Crippen MR) is 187 cm³/mol. The number of Topliss-reactive ketones (excluding diaryl/α,β-unsaturated/α-hetero) is 2. The number of nitrogens with two attached hydrogens (primary N) is 1. The molecule has 2 unspecified atom stereocenters. The number of nitrogens with zero attached hydrogens (tertiary/aromatic N) is 2. The predicted octanol–water partition coefficient (Wildman–Crippen LogP) is 4.31. The average Bonchev–Trinajstić information content (AvgIpc) is 2.94. The Morgan fingerprint density at radius 2 is 1.71 bits per heavy atom. The number of amides is 1. The Bertz CT molecular complexity index is 1810. The highest BCUT2D eigenvalue weighted by Crippen LogP contribution is 2.64. The van der Waals surface area contributed by atoms with Crippen molar-refractivity contribution in [3.63, 3.8) is 0 Å². The molecule has 3 aliphatic carbocycles. The summed E-state index contributed by atoms with van der Waals surface area (Å²) in [6.45, 7) is 10.0. The standard InChI is InChI=1S/C36H46N4O7S/c1-33(2,3)48-22-13-11-10-12-18(22)16-38-20-14-21(39(6)7)19-15-34(4)17-35(5)29(40(8)9)28(43)24(32(37)46)30(44)36(35,47)31(45)25(34)27(42)23(19)26(20)41/h10-14,29,38,41-42,44,47H,15-17H2,1-9H3,(H2,37,46)/t29-,34?,35?,36+/m1/s1. The summed E-state index contributed by atoms with van der Waals surface area (Å²) in [6.07, 6.45) is 0.120. The van der Waals surface area contributed by atoms with E-state index in [2.05, 4.69) is 26.1 Å². The van der Waals surface area contributed by atoms with E-state index in [9.17, 15) is 34.8 Å². The molecule has 1 amide bonds. The molecule has 1 saturated carbocycles. The normalized spacial score (nSPS) is 27.1. The summed E-state index contributed by atoms with van der Waals surface area (Å²) >= 11 is 1.73. The second kappa shape index (κ2) is 11.6. The van der Waals surface area contributed by atoms with Crippen molar-refractivity contribution >= 4 is 46.4 Å². The van der Waals surface area contributed by atoms with Crippen LogP contribution in [0.1, 0.15) is 57.7 Å². The average molecular weight is 679 g/mol. The van der Waals surface area contributed by atoms with Crippen LogP contribution in [0.3, 0.4) is 0 Å². The summed E-state index contributed by atoms with van der Waals surface area (Å²) < 4.78 is -0.0283. The number of aromatic hydroxyl groups is 1. The summed E-state index contributed by atoms with van der Waals surface area (Å²) in [7, 11) is 6.84. The Morgan fingerprint density at radius 3 is 2.27 bits per heavy atom. The van der Waals surface area contributed by atoms with Gasteiger partial charge in [0.1, 0.15) is 22.8 Å². The molecule has 2 aromatic rings. The lowest BCUT2D eigenvalue weighted by molar-refractivity contribution is -0.175. The minimum Gasteiger partial charge on any atom is -0.508 e. The van der Waals surface area contributed by atoms with E-state index < -0.39 is 57.0 Å². The Morgan fingerprint density at radius 1 is 1.08 bits per heavy atom. The molecule has 11 nitrogen and oxygen atoms in total. The second-order valence-corrected chi connectivity index (χ2v) is 17.0. The van der Waals surface area contributed by atoms with Crippen LogP contribution in [0.4, 0.5) is 11.4 Å². The summed E-state index contributed by atoms with van der Waals surface area (Å²) in [5.41, 5.74) is 1.51. The minimum absolute atomic E-state index is 0.0283. The van der Waals surface area contributed by atoms with Gasteiger partial charge in [-0.25, -0.2) is 0 Å². The van der Waals surface area contributed by atoms with Crippen molar-refractivity contribution in [2.75, 3.05) is 38.4 Å². The molecule has 0 radical (unpaired) electrons. The van der Waals surface area contributed by atoms with Crippen LogP contribution < -0.4 is 16.0 Å². The maximum absolute atomic E-state index is 14.6. The zero-order chi connectivity index (χ0) is 35.9. The van der Waals surface area contributed by atoms with Gasteiger partial charge >= 0.3 is 0 Å². The van der Waals surface area contributed by atoms with E-state index in [0.29, 0.717) is 23.5 Å². The van der Waals surface area contributed by atoms with Gasteiger partial charge in [0, 0.05) is 52.4 Å². The van der Waals surface area contributed by atoms with Crippen LogP contribution in [0.15, 0.2) is 52.1 Å². The summed E-state index contributed by atoms with van der Waals surface area (Å²) in [4.78, 5) is 45.1. The number of carbonyl (C=O) groups is 3. The first-order valence-corrected chi connectivity index (χ1v) is 16.6. The molecule has 258 valence electrons. The number of aliphatic hydroxyl groups is 3. The fourth-order valence-electron chi connectivity index (χ4n) is 8.17. The van der Waals surface area contributed by atoms with Crippen molar-refractivity contribution in [3.8, 4) is 5.75 Å². The summed E-state index contributed by atoms with van der Waals surface area (Å²) in [6, 6.07) is 8.56. The van der Waals surface area contributed by atoms with Gasteiger partial charge in [-0.05, 0) is 50.2 Å². The lowest BCUT2D eigenvalue weighted by Crippen LogP contribution is -2.72. The van der Waals surface area contributed by atoms with Crippen LogP contribution in [0, 0.1) is 10.8 Å². The van der Waals surface area contributed by atoms with E-state index in [1.807, 2.05) is 43.3 Å². The van der Waals surface area contributed by atoms with Crippen molar-refractivity contribution in [2.24, 2.45) is 16.6 Å². The first-order valence-electron chi connectivity index (χ1n) is 15.8. The fourth-order valence-corrected chi connectivity index (χ4v) is 9.25. The third-order valence-electron chi connectivity index (χ3n) is 9.95. The largest absolute Gasteiger partial charge is 0.508 e. The Kier molecular flexibility index (Phi) is 8.50. The number of likely N-dealkylation sites (N-methyl/N-ethyl adjacent to an activating group) is 1. The summed E-state index contributed by atoms with van der Waals surface area (Å²) in [5.74, 6) is -5.09. The number of rotatable bonds is 7. The molecule has 3 aliphatic rings. The van der Waals surface area contributed by atoms with Crippen LogP contribution >= 0.6 is 11.8 Å². The van der Waals surface area contributed by atoms with Crippen molar-refractivity contribution in [1.82, 2.24) is 4.90 Å². The van der Waals surface area contributed by atoms with Crippen molar-refractivity contribution in [3.05, 3.63) is 63.9 Å². The van der Waals surface area contributed by atoms with Crippen LogP contribution in [0.5, 0.6) is 5.75 Å². The van der Waals surface area contributed by atoms with E-state index in [0.717, 1.165) is 10.5 Å². The van der Waals surface area contributed by atoms with Gasteiger partial charge in [0.15, 0.2) is 11.4 Å². The van der Waals surface area contributed by atoms with E-state index in [1.165, 1.54) is 11.8 Å². The highest BCUT2D eigenvalue weighted by atomic mass is 32.2. The molecular formula is C36H46N4O7S. The molecule has 7 N–H and O–H groups in total. The number of primary amides is 1. The number of thioether (sulfide) groups is 1. The first kappa shape index (κ1) is 35.3. The van der Waals surface area contributed by atoms with Crippen molar-refractivity contribution in [2.45, 2.75) is 75.3 Å². The Labute approximate surface area is 285 Å². The van der Waals surface area contributed by atoms with Gasteiger partial charge in [-0.3, -0.25) is 19.3 Å². The van der Waals surface area contributed by atoms with Gasteiger partial charge in [-0.2, -0.15) is 0 Å². The third-order valence-corrected chi connectivity index (χ3v) is 11.2. The van der Waals surface area contributed by atoms with Crippen molar-refractivity contribution < 1.29 is 34.8 Å². The number of hydrogen-bond donors (Lipinski definition) is 6. The topological polar surface area (TPSA) is 177 Å². The number of ketones is 2. The number of fused-ring (bicyclic) bond motifs is 3. The molecule has 0 aromatic heterocycles. The van der Waals surface area contributed by atoms with E-state index >= 15 is 0 Å². The number of aliphatic hydroxyl groups excluding tert-OH is 2. The van der Waals surface area contributed by atoms with E-state index in [-0.39, 0.29) is 34.5 Å². The lowest BCUT2D eigenvalue weighted by Gasteiger charge is -2.59. The number of benzene rings is 2. The number of nitrogens with one attached hydrogen (secondary N) is 1. The van der Waals surface area contributed by atoms with Gasteiger partial charge in [-0.15, -0.1) is 11.8 Å². The van der Waals surface area contributed by atoms with Crippen LogP contribution in [0.2, 0.25) is 0 Å². The quantitative estimate of drug-likeness (QED) is 0.140. The van der Waals surface area contributed by atoms with Gasteiger partial charge in [-0.1, -0.05) is 52.8 Å². The molecule has 0 spiro atoms. The molecule has 5 rings (SSSR count). The zero-order valence-electron chi connectivity index (χ0n) is 29.0. The Balaban J connectivity index is 1.69. The summed E-state index contributed by atoms with van der Waals surface area (Å²) in [5, 5.41) is 50.7. The molecule has 0 saturated heterocycles. The monoisotopic (exact) mass is 678 g/mol. The number of anilines is 2.